The van der Waals surface area contributed by atoms with Gasteiger partial charge in [0.05, 0.1) is 7.11 Å². The van der Waals surface area contributed by atoms with Crippen LogP contribution in [0.1, 0.15) is 52.5 Å². The minimum Gasteiger partial charge on any atom is -0.497 e. The van der Waals surface area contributed by atoms with Crippen LogP contribution >= 0.6 is 0 Å². The average molecular weight is 412 g/mol. The van der Waals surface area contributed by atoms with Gasteiger partial charge < -0.3 is 25.0 Å². The van der Waals surface area contributed by atoms with Gasteiger partial charge in [-0.15, -0.1) is 0 Å². The van der Waals surface area contributed by atoms with Gasteiger partial charge in [-0.25, -0.2) is 0 Å². The number of carbonyl (C=O) groups is 1. The first kappa shape index (κ1) is 20.7. The lowest BCUT2D eigenvalue weighted by Gasteiger charge is -2.17. The second-order valence-electron chi connectivity index (χ2n) is 8.01. The lowest BCUT2D eigenvalue weighted by Crippen LogP contribution is -2.28. The molecular weight excluding hydrogens is 384 g/mol. The number of aliphatic hydroxyl groups is 2. The van der Waals surface area contributed by atoms with E-state index in [1.54, 1.807) is 20.2 Å². The molecule has 4 N–H and O–H groups in total. The predicted molar refractivity (Wildman–Crippen MR) is 112 cm³/mol. The summed E-state index contributed by atoms with van der Waals surface area (Å²) in [7, 11) is 3.28. The minimum absolute atomic E-state index is 0.00205. The molecule has 0 aromatic heterocycles. The Morgan fingerprint density at radius 2 is 2.13 bits per heavy atom. The standard InChI is InChI=1S/C23H28N2O5/c1-12-20(13-5-4-6-16(7-13)29-3)17-8-14(22(27)25-19-10-15(19)11-26)9-18(21(17)30-12)23(28)24-2/h4-9,12,15,19-20,23-24,26,28H,10-11H2,1-3H3,(H,25,27)/t12-,15+,19-,20+,23?/m1/s1. The highest BCUT2D eigenvalue weighted by Crippen LogP contribution is 2.46. The van der Waals surface area contributed by atoms with E-state index in [2.05, 4.69) is 10.6 Å². The van der Waals surface area contributed by atoms with Crippen molar-refractivity contribution in [1.82, 2.24) is 10.6 Å². The molecule has 30 heavy (non-hydrogen) atoms. The van der Waals surface area contributed by atoms with Gasteiger partial charge in [-0.05, 0) is 50.2 Å². The van der Waals surface area contributed by atoms with Crippen molar-refractivity contribution in [3.8, 4) is 11.5 Å². The lowest BCUT2D eigenvalue weighted by molar-refractivity contribution is 0.0946. The summed E-state index contributed by atoms with van der Waals surface area (Å²) in [5, 5.41) is 25.6. The van der Waals surface area contributed by atoms with Crippen LogP contribution in [0.25, 0.3) is 0 Å². The maximum Gasteiger partial charge on any atom is 0.251 e. The molecule has 160 valence electrons. The lowest BCUT2D eigenvalue weighted by atomic mass is 9.86. The summed E-state index contributed by atoms with van der Waals surface area (Å²) in [5.74, 6) is 1.16. The van der Waals surface area contributed by atoms with Gasteiger partial charge in [-0.1, -0.05) is 12.1 Å². The number of ether oxygens (including phenoxy) is 2. The van der Waals surface area contributed by atoms with Gasteiger partial charge in [-0.2, -0.15) is 0 Å². The van der Waals surface area contributed by atoms with Gasteiger partial charge in [-0.3, -0.25) is 10.1 Å². The molecule has 1 aliphatic heterocycles. The van der Waals surface area contributed by atoms with Crippen LogP contribution in [0.3, 0.4) is 0 Å². The van der Waals surface area contributed by atoms with Crippen LogP contribution in [0.15, 0.2) is 36.4 Å². The SMILES string of the molecule is CNC(O)c1cc(C(=O)N[C@@H]2C[C@H]2CO)cc2c1O[C@H](C)[C@H]2c1cccc(OC)c1. The number of benzene rings is 2. The van der Waals surface area contributed by atoms with Crippen molar-refractivity contribution in [1.29, 1.82) is 0 Å². The Balaban J connectivity index is 1.75. The Hall–Kier alpha value is -2.61. The Morgan fingerprint density at radius 1 is 1.33 bits per heavy atom. The molecule has 1 amide bonds. The Morgan fingerprint density at radius 3 is 2.80 bits per heavy atom. The summed E-state index contributed by atoms with van der Waals surface area (Å²) >= 11 is 0. The molecular formula is C23H28N2O5. The van der Waals surface area contributed by atoms with Crippen LogP contribution in [-0.2, 0) is 0 Å². The van der Waals surface area contributed by atoms with E-state index < -0.39 is 6.23 Å². The number of fused-ring (bicyclic) bond motifs is 1. The van der Waals surface area contributed by atoms with Crippen molar-refractivity contribution in [2.75, 3.05) is 20.8 Å². The molecule has 5 atom stereocenters. The molecule has 7 nitrogen and oxygen atoms in total. The zero-order valence-corrected chi connectivity index (χ0v) is 17.4. The number of methoxy groups -OCH3 is 1. The number of aliphatic hydroxyl groups excluding tert-OH is 2. The molecule has 0 saturated heterocycles. The topological polar surface area (TPSA) is 100 Å². The molecule has 4 rings (SSSR count). The Bertz CT molecular complexity index is 947. The van der Waals surface area contributed by atoms with Gasteiger partial charge >= 0.3 is 0 Å². The molecule has 7 heteroatoms. The van der Waals surface area contributed by atoms with E-state index in [9.17, 15) is 15.0 Å². The van der Waals surface area contributed by atoms with E-state index in [4.69, 9.17) is 9.47 Å². The summed E-state index contributed by atoms with van der Waals surface area (Å²) in [6, 6.07) is 11.3. The first-order valence-electron chi connectivity index (χ1n) is 10.2. The van der Waals surface area contributed by atoms with E-state index in [1.165, 1.54) is 0 Å². The summed E-state index contributed by atoms with van der Waals surface area (Å²) in [4.78, 5) is 12.9. The number of amides is 1. The Kier molecular flexibility index (Phi) is 5.69. The first-order chi connectivity index (χ1) is 14.5. The molecule has 0 radical (unpaired) electrons. The molecule has 0 bridgehead atoms. The van der Waals surface area contributed by atoms with Crippen molar-refractivity contribution >= 4 is 5.91 Å². The van der Waals surface area contributed by atoms with Crippen LogP contribution < -0.4 is 20.1 Å². The van der Waals surface area contributed by atoms with Crippen molar-refractivity contribution < 1.29 is 24.5 Å². The number of nitrogens with one attached hydrogen (secondary N) is 2. The van der Waals surface area contributed by atoms with Crippen molar-refractivity contribution in [2.45, 2.75) is 37.6 Å². The summed E-state index contributed by atoms with van der Waals surface area (Å²) in [6.07, 6.45) is -0.351. The van der Waals surface area contributed by atoms with E-state index in [-0.39, 0.29) is 36.5 Å². The number of hydrogen-bond acceptors (Lipinski definition) is 6. The molecule has 1 heterocycles. The first-order valence-corrected chi connectivity index (χ1v) is 10.2. The third-order valence-corrected chi connectivity index (χ3v) is 6.01. The van der Waals surface area contributed by atoms with Crippen molar-refractivity contribution in [2.24, 2.45) is 5.92 Å². The fourth-order valence-electron chi connectivity index (χ4n) is 4.20. The highest BCUT2D eigenvalue weighted by Gasteiger charge is 2.39. The van der Waals surface area contributed by atoms with Gasteiger partial charge in [0.15, 0.2) is 0 Å². The molecule has 0 spiro atoms. The van der Waals surface area contributed by atoms with Gasteiger partial charge in [0.2, 0.25) is 0 Å². The largest absolute Gasteiger partial charge is 0.497 e. The highest BCUT2D eigenvalue weighted by molar-refractivity contribution is 5.95. The predicted octanol–water partition coefficient (Wildman–Crippen LogP) is 1.93. The number of carbonyl (C=O) groups excluding carboxylic acids is 1. The summed E-state index contributed by atoms with van der Waals surface area (Å²) in [6.45, 7) is 2.05. The monoisotopic (exact) mass is 412 g/mol. The van der Waals surface area contributed by atoms with Gasteiger partial charge in [0, 0.05) is 41.2 Å². The van der Waals surface area contributed by atoms with E-state index in [1.807, 2.05) is 37.3 Å². The quantitative estimate of drug-likeness (QED) is 0.519. The Labute approximate surface area is 176 Å². The molecule has 1 aliphatic carbocycles. The highest BCUT2D eigenvalue weighted by atomic mass is 16.5. The van der Waals surface area contributed by atoms with Gasteiger partial charge in [0.1, 0.15) is 23.8 Å². The normalized spacial score (nSPS) is 25.2. The van der Waals surface area contributed by atoms with Crippen LogP contribution in [0.2, 0.25) is 0 Å². The van der Waals surface area contributed by atoms with Crippen LogP contribution in [0.5, 0.6) is 11.5 Å². The smallest absolute Gasteiger partial charge is 0.251 e. The van der Waals surface area contributed by atoms with Crippen LogP contribution in [-0.4, -0.2) is 49.0 Å². The summed E-state index contributed by atoms with van der Waals surface area (Å²) < 4.78 is 11.5. The van der Waals surface area contributed by atoms with Crippen molar-refractivity contribution in [3.63, 3.8) is 0 Å². The van der Waals surface area contributed by atoms with E-state index >= 15 is 0 Å². The van der Waals surface area contributed by atoms with Gasteiger partial charge in [0.25, 0.3) is 5.91 Å². The maximum absolute atomic E-state index is 12.9. The molecule has 2 aromatic rings. The second-order valence-corrected chi connectivity index (χ2v) is 8.01. The third-order valence-electron chi connectivity index (χ3n) is 6.01. The van der Waals surface area contributed by atoms with E-state index in [0.29, 0.717) is 16.9 Å². The van der Waals surface area contributed by atoms with Crippen molar-refractivity contribution in [3.05, 3.63) is 58.7 Å². The zero-order chi connectivity index (χ0) is 21.4. The average Bonchev–Trinajstić information content (AvgIpc) is 3.43. The number of hydrogen-bond donors (Lipinski definition) is 4. The summed E-state index contributed by atoms with van der Waals surface area (Å²) in [5.41, 5.74) is 2.88. The van der Waals surface area contributed by atoms with Crippen LogP contribution in [0, 0.1) is 5.92 Å². The molecule has 1 unspecified atom stereocenters. The second kappa shape index (κ2) is 8.26. The maximum atomic E-state index is 12.9. The molecule has 2 aromatic carbocycles. The number of rotatable bonds is 7. The molecule has 1 fully saturated rings. The zero-order valence-electron chi connectivity index (χ0n) is 17.4. The van der Waals surface area contributed by atoms with E-state index in [0.717, 1.165) is 23.3 Å². The fraction of sp³-hybridized carbons (Fsp3) is 0.435. The van der Waals surface area contributed by atoms with Crippen LogP contribution in [0.4, 0.5) is 0 Å². The molecule has 2 aliphatic rings. The fourth-order valence-corrected chi connectivity index (χ4v) is 4.20. The molecule has 1 saturated carbocycles. The minimum atomic E-state index is -0.964. The third kappa shape index (κ3) is 3.76.